The lowest BCUT2D eigenvalue weighted by Gasteiger charge is -2.09. The third kappa shape index (κ3) is 4.31. The molecule has 2 aromatic heterocycles. The molecule has 144 valence electrons. The number of hydrogen-bond acceptors (Lipinski definition) is 7. The van der Waals surface area contributed by atoms with Gasteiger partial charge in [-0.15, -0.1) is 11.3 Å². The Balaban J connectivity index is 1.73. The Labute approximate surface area is 167 Å². The maximum Gasteiger partial charge on any atom is 0.350 e. The first kappa shape index (κ1) is 19.8. The number of thiazole rings is 1. The van der Waals surface area contributed by atoms with Crippen LogP contribution in [0, 0.1) is 6.92 Å². The molecule has 0 aliphatic rings. The van der Waals surface area contributed by atoms with Crippen molar-refractivity contribution in [1.29, 1.82) is 0 Å². The van der Waals surface area contributed by atoms with Crippen molar-refractivity contribution >= 4 is 23.1 Å². The van der Waals surface area contributed by atoms with Crippen LogP contribution in [0.15, 0.2) is 36.7 Å². The number of rotatable bonds is 7. The number of Topliss-reactive ketones (excluding diaryl/α,β-unsaturated/α-hetero) is 1. The molecule has 3 aromatic rings. The number of carbonyl (C=O) groups excluding carboxylic acids is 2. The topological polar surface area (TPSA) is 82.0 Å². The van der Waals surface area contributed by atoms with E-state index in [1.54, 1.807) is 25.4 Å². The molecule has 0 amide bonds. The molecule has 28 heavy (non-hydrogen) atoms. The van der Waals surface area contributed by atoms with Crippen LogP contribution in [0.4, 0.5) is 0 Å². The number of nitrogens with zero attached hydrogens (tertiary/aromatic N) is 3. The Morgan fingerprint density at radius 1 is 1.11 bits per heavy atom. The summed E-state index contributed by atoms with van der Waals surface area (Å²) in [4.78, 5) is 38.1. The van der Waals surface area contributed by atoms with E-state index >= 15 is 0 Å². The monoisotopic (exact) mass is 395 g/mol. The molecule has 2 heterocycles. The summed E-state index contributed by atoms with van der Waals surface area (Å²) in [5.74, 6) is -0.306. The van der Waals surface area contributed by atoms with E-state index in [1.807, 2.05) is 32.0 Å². The van der Waals surface area contributed by atoms with Gasteiger partial charge in [-0.25, -0.2) is 19.7 Å². The number of carbonyl (C=O) groups is 2. The van der Waals surface area contributed by atoms with E-state index in [1.165, 1.54) is 0 Å². The minimum atomic E-state index is -0.560. The zero-order valence-electron chi connectivity index (χ0n) is 16.1. The molecule has 0 fully saturated rings. The highest BCUT2D eigenvalue weighted by atomic mass is 32.1. The quantitative estimate of drug-likeness (QED) is 0.443. The molecule has 3 rings (SSSR count). The molecule has 7 heteroatoms. The Kier molecular flexibility index (Phi) is 6.26. The lowest BCUT2D eigenvalue weighted by atomic mass is 9.98. The minimum Gasteiger partial charge on any atom is -0.453 e. The van der Waals surface area contributed by atoms with Crippen LogP contribution in [-0.4, -0.2) is 33.3 Å². The van der Waals surface area contributed by atoms with Gasteiger partial charge in [0.05, 0.1) is 5.69 Å². The summed E-state index contributed by atoms with van der Waals surface area (Å²) >= 11 is 1.16. The van der Waals surface area contributed by atoms with E-state index < -0.39 is 5.97 Å². The van der Waals surface area contributed by atoms with Gasteiger partial charge in [0.2, 0.25) is 5.78 Å². The van der Waals surface area contributed by atoms with E-state index in [0.29, 0.717) is 27.0 Å². The first-order valence-electron chi connectivity index (χ1n) is 9.10. The SMILES string of the molecule is CCc1ccc(CC)c(C(=O)COC(=O)c2sc(-c3ncccn3)nc2C)c1. The van der Waals surface area contributed by atoms with Gasteiger partial charge in [0.1, 0.15) is 4.88 Å². The van der Waals surface area contributed by atoms with Gasteiger partial charge in [-0.1, -0.05) is 26.0 Å². The molecule has 6 nitrogen and oxygen atoms in total. The lowest BCUT2D eigenvalue weighted by molar-refractivity contribution is 0.0478. The van der Waals surface area contributed by atoms with Crippen LogP contribution in [0.2, 0.25) is 0 Å². The van der Waals surface area contributed by atoms with Crippen molar-refractivity contribution in [1.82, 2.24) is 15.0 Å². The molecule has 0 saturated heterocycles. The summed E-state index contributed by atoms with van der Waals surface area (Å²) < 4.78 is 5.29. The van der Waals surface area contributed by atoms with Gasteiger partial charge in [-0.3, -0.25) is 4.79 Å². The van der Waals surface area contributed by atoms with Crippen LogP contribution in [0.5, 0.6) is 0 Å². The maximum atomic E-state index is 12.6. The van der Waals surface area contributed by atoms with Crippen molar-refractivity contribution in [2.75, 3.05) is 6.61 Å². The van der Waals surface area contributed by atoms with Crippen LogP contribution in [0.1, 0.15) is 50.7 Å². The van der Waals surface area contributed by atoms with Crippen molar-refractivity contribution < 1.29 is 14.3 Å². The number of aryl methyl sites for hydroxylation is 3. The third-order valence-corrected chi connectivity index (χ3v) is 5.47. The van der Waals surface area contributed by atoms with Crippen molar-refractivity contribution in [3.8, 4) is 10.8 Å². The smallest absolute Gasteiger partial charge is 0.350 e. The minimum absolute atomic E-state index is 0.200. The number of hydrogen-bond donors (Lipinski definition) is 0. The zero-order chi connectivity index (χ0) is 20.1. The summed E-state index contributed by atoms with van der Waals surface area (Å²) in [5.41, 5.74) is 3.19. The second-order valence-electron chi connectivity index (χ2n) is 6.20. The normalized spacial score (nSPS) is 10.7. The van der Waals surface area contributed by atoms with Gasteiger partial charge in [0.25, 0.3) is 0 Å². The molecule has 0 aliphatic heterocycles. The molecule has 0 bridgehead atoms. The fraction of sp³-hybridized carbons (Fsp3) is 0.286. The molecule has 0 atom stereocenters. The van der Waals surface area contributed by atoms with E-state index in [2.05, 4.69) is 15.0 Å². The van der Waals surface area contributed by atoms with Crippen LogP contribution in [0.25, 0.3) is 10.8 Å². The van der Waals surface area contributed by atoms with Gasteiger partial charge >= 0.3 is 5.97 Å². The Bertz CT molecular complexity index is 999. The van der Waals surface area contributed by atoms with E-state index in [0.717, 1.165) is 35.3 Å². The zero-order valence-corrected chi connectivity index (χ0v) is 16.9. The van der Waals surface area contributed by atoms with Gasteiger partial charge in [0.15, 0.2) is 17.4 Å². The second kappa shape index (κ2) is 8.84. The third-order valence-electron chi connectivity index (χ3n) is 4.34. The fourth-order valence-electron chi connectivity index (χ4n) is 2.78. The van der Waals surface area contributed by atoms with Crippen molar-refractivity contribution in [3.05, 3.63) is 63.9 Å². The molecule has 0 aliphatic carbocycles. The average Bonchev–Trinajstić information content (AvgIpc) is 3.13. The predicted octanol–water partition coefficient (Wildman–Crippen LogP) is 4.07. The number of ketones is 1. The fourth-order valence-corrected chi connectivity index (χ4v) is 3.69. The summed E-state index contributed by atoms with van der Waals surface area (Å²) in [6.45, 7) is 5.46. The van der Waals surface area contributed by atoms with Gasteiger partial charge in [-0.2, -0.15) is 0 Å². The first-order chi connectivity index (χ1) is 13.5. The standard InChI is InChI=1S/C21H21N3O3S/c1-4-14-7-8-15(5-2)16(11-14)17(25)12-27-21(26)18-13(3)24-20(28-18)19-22-9-6-10-23-19/h6-11H,4-5,12H2,1-3H3. The lowest BCUT2D eigenvalue weighted by Crippen LogP contribution is -2.16. The second-order valence-corrected chi connectivity index (χ2v) is 7.20. The summed E-state index contributed by atoms with van der Waals surface area (Å²) in [6, 6.07) is 7.59. The highest BCUT2D eigenvalue weighted by Gasteiger charge is 2.20. The van der Waals surface area contributed by atoms with Crippen LogP contribution in [0.3, 0.4) is 0 Å². The summed E-state index contributed by atoms with van der Waals surface area (Å²) in [7, 11) is 0. The number of aromatic nitrogens is 3. The van der Waals surface area contributed by atoms with Crippen molar-refractivity contribution in [3.63, 3.8) is 0 Å². The maximum absolute atomic E-state index is 12.6. The number of esters is 1. The van der Waals surface area contributed by atoms with Gasteiger partial charge < -0.3 is 4.74 Å². The average molecular weight is 395 g/mol. The molecule has 0 spiro atoms. The van der Waals surface area contributed by atoms with E-state index in [9.17, 15) is 9.59 Å². The molecule has 0 N–H and O–H groups in total. The Morgan fingerprint density at radius 2 is 1.86 bits per heavy atom. The van der Waals surface area contributed by atoms with Gasteiger partial charge in [0, 0.05) is 18.0 Å². The molecular formula is C21H21N3O3S. The van der Waals surface area contributed by atoms with Crippen LogP contribution >= 0.6 is 11.3 Å². The largest absolute Gasteiger partial charge is 0.453 e. The summed E-state index contributed by atoms with van der Waals surface area (Å²) in [5, 5.41) is 0.542. The van der Waals surface area contributed by atoms with Crippen molar-refractivity contribution in [2.45, 2.75) is 33.6 Å². The molecular weight excluding hydrogens is 374 g/mol. The van der Waals surface area contributed by atoms with Gasteiger partial charge in [-0.05, 0) is 43.0 Å². The molecule has 0 saturated carbocycles. The molecule has 1 aromatic carbocycles. The Morgan fingerprint density at radius 3 is 2.54 bits per heavy atom. The van der Waals surface area contributed by atoms with Crippen LogP contribution < -0.4 is 0 Å². The van der Waals surface area contributed by atoms with E-state index in [-0.39, 0.29) is 12.4 Å². The highest BCUT2D eigenvalue weighted by molar-refractivity contribution is 7.16. The highest BCUT2D eigenvalue weighted by Crippen LogP contribution is 2.26. The van der Waals surface area contributed by atoms with Crippen LogP contribution in [-0.2, 0) is 17.6 Å². The number of ether oxygens (including phenoxy) is 1. The first-order valence-corrected chi connectivity index (χ1v) is 9.92. The van der Waals surface area contributed by atoms with E-state index in [4.69, 9.17) is 4.74 Å². The predicted molar refractivity (Wildman–Crippen MR) is 108 cm³/mol. The van der Waals surface area contributed by atoms with Crippen molar-refractivity contribution in [2.24, 2.45) is 0 Å². The molecule has 0 radical (unpaired) electrons. The Hall–Kier alpha value is -2.93. The number of benzene rings is 1. The molecule has 0 unspecified atom stereocenters. The summed E-state index contributed by atoms with van der Waals surface area (Å²) in [6.07, 6.45) is 4.82.